The lowest BCUT2D eigenvalue weighted by atomic mass is 10.0. The monoisotopic (exact) mass is 347 g/mol. The van der Waals surface area contributed by atoms with Gasteiger partial charge in [-0.2, -0.15) is 0 Å². The number of fused-ring (bicyclic) bond motifs is 1. The first-order chi connectivity index (χ1) is 11.9. The Kier molecular flexibility index (Phi) is 5.59. The number of carbonyl (C=O) groups is 1. The summed E-state index contributed by atoms with van der Waals surface area (Å²) in [6.07, 6.45) is 2.33. The number of hydrogen-bond acceptors (Lipinski definition) is 5. The Bertz CT molecular complexity index is 608. The van der Waals surface area contributed by atoms with Crippen LogP contribution in [0.5, 0.6) is 0 Å². The van der Waals surface area contributed by atoms with Gasteiger partial charge in [0.1, 0.15) is 11.4 Å². The van der Waals surface area contributed by atoms with Gasteiger partial charge in [0.05, 0.1) is 13.2 Å². The number of amides is 1. The number of pyridine rings is 1. The van der Waals surface area contributed by atoms with E-state index in [0.29, 0.717) is 19.1 Å². The molecule has 3 heterocycles. The first kappa shape index (κ1) is 18.1. The topological polar surface area (TPSA) is 63.7 Å². The second kappa shape index (κ2) is 7.70. The first-order valence-electron chi connectivity index (χ1n) is 9.20. The van der Waals surface area contributed by atoms with E-state index in [2.05, 4.69) is 11.4 Å². The lowest BCUT2D eigenvalue weighted by Crippen LogP contribution is -2.44. The molecule has 2 aliphatic rings. The average molecular weight is 347 g/mol. The summed E-state index contributed by atoms with van der Waals surface area (Å²) >= 11 is 0. The Morgan fingerprint density at radius 1 is 1.36 bits per heavy atom. The summed E-state index contributed by atoms with van der Waals surface area (Å²) in [4.78, 5) is 18.9. The smallest absolute Gasteiger partial charge is 0.416 e. The average Bonchev–Trinajstić information content (AvgIpc) is 2.50. The van der Waals surface area contributed by atoms with E-state index in [1.165, 1.54) is 0 Å². The van der Waals surface area contributed by atoms with Crippen LogP contribution < -0.4 is 10.2 Å². The minimum absolute atomic E-state index is 0.313. The summed E-state index contributed by atoms with van der Waals surface area (Å²) in [6, 6.07) is 4.13. The van der Waals surface area contributed by atoms with Gasteiger partial charge in [0.25, 0.3) is 0 Å². The van der Waals surface area contributed by atoms with Crippen LogP contribution in [0, 0.1) is 5.92 Å². The molecule has 138 valence electrons. The van der Waals surface area contributed by atoms with Crippen molar-refractivity contribution in [2.75, 3.05) is 37.7 Å². The number of nitrogens with zero attached hydrogens (tertiary/aromatic N) is 2. The maximum absolute atomic E-state index is 12.5. The lowest BCUT2D eigenvalue weighted by Gasteiger charge is -2.31. The third-order valence-corrected chi connectivity index (χ3v) is 4.43. The highest BCUT2D eigenvalue weighted by Gasteiger charge is 2.28. The Labute approximate surface area is 149 Å². The van der Waals surface area contributed by atoms with Crippen LogP contribution in [-0.2, 0) is 22.3 Å². The van der Waals surface area contributed by atoms with Gasteiger partial charge in [-0.3, -0.25) is 4.90 Å². The van der Waals surface area contributed by atoms with Crippen LogP contribution in [0.3, 0.4) is 0 Å². The lowest BCUT2D eigenvalue weighted by molar-refractivity contribution is 0.0576. The van der Waals surface area contributed by atoms with Crippen molar-refractivity contribution < 1.29 is 14.3 Å². The van der Waals surface area contributed by atoms with Crippen LogP contribution in [0.2, 0.25) is 0 Å². The van der Waals surface area contributed by atoms with Crippen molar-refractivity contribution in [2.45, 2.75) is 45.6 Å². The van der Waals surface area contributed by atoms with E-state index in [9.17, 15) is 4.79 Å². The van der Waals surface area contributed by atoms with E-state index >= 15 is 0 Å². The molecule has 3 rings (SSSR count). The Morgan fingerprint density at radius 3 is 2.84 bits per heavy atom. The predicted molar refractivity (Wildman–Crippen MR) is 97.0 cm³/mol. The zero-order chi connectivity index (χ0) is 17.9. The van der Waals surface area contributed by atoms with Gasteiger partial charge in [0, 0.05) is 37.7 Å². The molecule has 1 N–H and O–H groups in total. The molecule has 0 bridgehead atoms. The van der Waals surface area contributed by atoms with Crippen molar-refractivity contribution in [2.24, 2.45) is 5.92 Å². The number of carbonyl (C=O) groups excluding carboxylic acids is 1. The molecule has 25 heavy (non-hydrogen) atoms. The van der Waals surface area contributed by atoms with Gasteiger partial charge in [-0.05, 0) is 45.2 Å². The molecule has 0 saturated carbocycles. The SMILES string of the molecule is CC(C)(C)OC(=O)N1CCCc2ccc(CCOCC3CNC3)nc21. The van der Waals surface area contributed by atoms with Gasteiger partial charge in [0.15, 0.2) is 0 Å². The molecule has 1 fully saturated rings. The van der Waals surface area contributed by atoms with Gasteiger partial charge in [-0.1, -0.05) is 6.07 Å². The molecule has 0 aliphatic carbocycles. The van der Waals surface area contributed by atoms with E-state index in [1.807, 2.05) is 26.8 Å². The highest BCUT2D eigenvalue weighted by atomic mass is 16.6. The van der Waals surface area contributed by atoms with Crippen molar-refractivity contribution in [3.05, 3.63) is 23.4 Å². The Morgan fingerprint density at radius 2 is 2.16 bits per heavy atom. The van der Waals surface area contributed by atoms with Gasteiger partial charge in [0.2, 0.25) is 0 Å². The summed E-state index contributed by atoms with van der Waals surface area (Å²) in [5.41, 5.74) is 1.57. The number of ether oxygens (including phenoxy) is 2. The predicted octanol–water partition coefficient (Wildman–Crippen LogP) is 2.55. The number of rotatable bonds is 5. The summed E-state index contributed by atoms with van der Waals surface area (Å²) in [6.45, 7) is 9.89. The normalized spacial score (nSPS) is 17.8. The molecule has 1 saturated heterocycles. The second-order valence-electron chi connectivity index (χ2n) is 7.87. The molecular formula is C19H29N3O3. The molecule has 0 unspecified atom stereocenters. The van der Waals surface area contributed by atoms with Gasteiger partial charge < -0.3 is 14.8 Å². The van der Waals surface area contributed by atoms with Crippen molar-refractivity contribution in [1.82, 2.24) is 10.3 Å². The summed E-state index contributed by atoms with van der Waals surface area (Å²) < 4.78 is 11.3. The zero-order valence-electron chi connectivity index (χ0n) is 15.5. The zero-order valence-corrected chi connectivity index (χ0v) is 15.5. The fourth-order valence-electron chi connectivity index (χ4n) is 3.01. The summed E-state index contributed by atoms with van der Waals surface area (Å²) in [5, 5.41) is 3.24. The number of anilines is 1. The van der Waals surface area contributed by atoms with Gasteiger partial charge >= 0.3 is 6.09 Å². The molecule has 1 aromatic heterocycles. The second-order valence-corrected chi connectivity index (χ2v) is 7.87. The van der Waals surface area contributed by atoms with E-state index in [4.69, 9.17) is 14.5 Å². The molecule has 0 spiro atoms. The molecule has 6 nitrogen and oxygen atoms in total. The third kappa shape index (κ3) is 4.92. The number of aryl methyl sites for hydroxylation is 1. The maximum atomic E-state index is 12.5. The van der Waals surface area contributed by atoms with Gasteiger partial charge in [-0.15, -0.1) is 0 Å². The standard InChI is InChI=1S/C19H29N3O3/c1-19(2,3)25-18(23)22-9-4-5-15-6-7-16(21-17(15)22)8-10-24-13-14-11-20-12-14/h6-7,14,20H,4-5,8-13H2,1-3H3. The highest BCUT2D eigenvalue weighted by molar-refractivity contribution is 5.88. The first-order valence-corrected chi connectivity index (χ1v) is 9.20. The molecule has 1 aromatic rings. The Balaban J connectivity index is 1.61. The molecule has 0 atom stereocenters. The third-order valence-electron chi connectivity index (χ3n) is 4.43. The van der Waals surface area contributed by atoms with Crippen molar-refractivity contribution in [1.29, 1.82) is 0 Å². The largest absolute Gasteiger partial charge is 0.443 e. The fourth-order valence-corrected chi connectivity index (χ4v) is 3.01. The summed E-state index contributed by atoms with van der Waals surface area (Å²) in [5.74, 6) is 1.40. The number of nitrogens with one attached hydrogen (secondary N) is 1. The van der Waals surface area contributed by atoms with Crippen molar-refractivity contribution in [3.8, 4) is 0 Å². The number of hydrogen-bond donors (Lipinski definition) is 1. The van der Waals surface area contributed by atoms with Crippen LogP contribution in [-0.4, -0.2) is 49.5 Å². The quantitative estimate of drug-likeness (QED) is 0.830. The highest BCUT2D eigenvalue weighted by Crippen LogP contribution is 2.27. The van der Waals surface area contributed by atoms with Crippen LogP contribution in [0.25, 0.3) is 0 Å². The van der Waals surface area contributed by atoms with Crippen LogP contribution in [0.4, 0.5) is 10.6 Å². The van der Waals surface area contributed by atoms with Gasteiger partial charge in [-0.25, -0.2) is 9.78 Å². The molecule has 2 aliphatic heterocycles. The minimum atomic E-state index is -0.503. The molecule has 0 aromatic carbocycles. The van der Waals surface area contributed by atoms with E-state index < -0.39 is 5.60 Å². The van der Waals surface area contributed by atoms with Crippen molar-refractivity contribution >= 4 is 11.9 Å². The minimum Gasteiger partial charge on any atom is -0.443 e. The molecule has 0 radical (unpaired) electrons. The molecular weight excluding hydrogens is 318 g/mol. The van der Waals surface area contributed by atoms with Crippen LogP contribution >= 0.6 is 0 Å². The number of aromatic nitrogens is 1. The molecule has 1 amide bonds. The Hall–Kier alpha value is -1.66. The molecule has 6 heteroatoms. The van der Waals surface area contributed by atoms with Crippen molar-refractivity contribution in [3.63, 3.8) is 0 Å². The fraction of sp³-hybridized carbons (Fsp3) is 0.684. The van der Waals surface area contributed by atoms with Crippen LogP contribution in [0.15, 0.2) is 12.1 Å². The van der Waals surface area contributed by atoms with E-state index in [0.717, 1.165) is 56.0 Å². The van der Waals surface area contributed by atoms with Crippen LogP contribution in [0.1, 0.15) is 38.4 Å². The van der Waals surface area contributed by atoms with E-state index in [-0.39, 0.29) is 6.09 Å². The van der Waals surface area contributed by atoms with E-state index in [1.54, 1.807) is 4.90 Å². The summed E-state index contributed by atoms with van der Waals surface area (Å²) in [7, 11) is 0. The maximum Gasteiger partial charge on any atom is 0.416 e.